The molecule has 0 amide bonds. The van der Waals surface area contributed by atoms with Crippen LogP contribution >= 0.6 is 0 Å². The van der Waals surface area contributed by atoms with Crippen molar-refractivity contribution >= 4 is 9.76 Å². The summed E-state index contributed by atoms with van der Waals surface area (Å²) in [5.74, 6) is 0. The Kier molecular flexibility index (Phi) is 5.27. The van der Waals surface area contributed by atoms with E-state index in [4.69, 9.17) is 9.69 Å². The molecule has 0 aliphatic heterocycles. The normalized spacial score (nSPS) is 13.1. The van der Waals surface area contributed by atoms with Gasteiger partial charge in [0.05, 0.1) is 11.6 Å². The van der Waals surface area contributed by atoms with Crippen LogP contribution in [0.5, 0.6) is 0 Å². The first-order valence-corrected chi connectivity index (χ1v) is 4.50. The van der Waals surface area contributed by atoms with Crippen molar-refractivity contribution in [3.05, 3.63) is 0 Å². The molecule has 0 aromatic rings. The molecule has 1 unspecified atom stereocenters. The first-order chi connectivity index (χ1) is 4.70. The van der Waals surface area contributed by atoms with Crippen LogP contribution in [-0.2, 0) is 4.43 Å². The largest absolute Gasteiger partial charge is 0.414 e. The smallest absolute Gasteiger partial charge is 0.248 e. The second-order valence-electron chi connectivity index (χ2n) is 2.37. The van der Waals surface area contributed by atoms with Crippen molar-refractivity contribution in [3.8, 4) is 6.07 Å². The fraction of sp³-hybridized carbons (Fsp3) is 0.857. The number of rotatable bonds is 4. The van der Waals surface area contributed by atoms with Crippen molar-refractivity contribution in [2.45, 2.75) is 38.8 Å². The average molecular weight is 155 g/mol. The van der Waals surface area contributed by atoms with Crippen molar-refractivity contribution < 1.29 is 4.43 Å². The Morgan fingerprint density at radius 3 is 2.50 bits per heavy atom. The highest BCUT2D eigenvalue weighted by Crippen LogP contribution is 2.06. The second-order valence-corrected chi connectivity index (χ2v) is 3.54. The van der Waals surface area contributed by atoms with Gasteiger partial charge in [-0.25, -0.2) is 0 Å². The molecule has 0 rings (SSSR count). The summed E-state index contributed by atoms with van der Waals surface area (Å²) >= 11 is 0. The molecule has 0 bridgehead atoms. The molecule has 0 heterocycles. The Bertz CT molecular complexity index is 119. The lowest BCUT2D eigenvalue weighted by Gasteiger charge is -2.07. The molecule has 0 fully saturated rings. The number of nitriles is 1. The second kappa shape index (κ2) is 5.45. The van der Waals surface area contributed by atoms with Crippen LogP contribution < -0.4 is 0 Å². The van der Waals surface area contributed by atoms with Gasteiger partial charge in [-0.2, -0.15) is 5.26 Å². The van der Waals surface area contributed by atoms with E-state index in [0.29, 0.717) is 9.76 Å². The summed E-state index contributed by atoms with van der Waals surface area (Å²) in [5, 5.41) is 8.52. The van der Waals surface area contributed by atoms with Crippen molar-refractivity contribution in [2.75, 3.05) is 0 Å². The lowest BCUT2D eigenvalue weighted by Crippen LogP contribution is -2.11. The molecule has 0 aromatic heterocycles. The molecule has 0 saturated heterocycles. The molecule has 0 N–H and O–H groups in total. The highest BCUT2D eigenvalue weighted by atomic mass is 28.2. The lowest BCUT2D eigenvalue weighted by atomic mass is 10.4. The van der Waals surface area contributed by atoms with Gasteiger partial charge in [0, 0.05) is 6.10 Å². The fourth-order valence-corrected chi connectivity index (χ4v) is 1.07. The number of hydrogen-bond acceptors (Lipinski definition) is 2. The molecule has 0 aliphatic carbocycles. The SMILES string of the molecule is CCC(C#N)[Si]OC(C)C. The first-order valence-electron chi connectivity index (χ1n) is 3.51. The van der Waals surface area contributed by atoms with E-state index in [-0.39, 0.29) is 11.6 Å². The van der Waals surface area contributed by atoms with Crippen LogP contribution in [0.4, 0.5) is 0 Å². The van der Waals surface area contributed by atoms with Crippen LogP contribution in [0.25, 0.3) is 0 Å². The van der Waals surface area contributed by atoms with E-state index in [2.05, 4.69) is 6.07 Å². The van der Waals surface area contributed by atoms with E-state index in [1.807, 2.05) is 20.8 Å². The van der Waals surface area contributed by atoms with Crippen LogP contribution in [-0.4, -0.2) is 15.9 Å². The Labute approximate surface area is 65.1 Å². The van der Waals surface area contributed by atoms with Gasteiger partial charge in [-0.1, -0.05) is 6.92 Å². The van der Waals surface area contributed by atoms with E-state index >= 15 is 0 Å². The third kappa shape index (κ3) is 4.54. The zero-order valence-corrected chi connectivity index (χ0v) is 7.72. The average Bonchev–Trinajstić information content (AvgIpc) is 1.90. The topological polar surface area (TPSA) is 33.0 Å². The van der Waals surface area contributed by atoms with Gasteiger partial charge in [-0.05, 0) is 20.3 Å². The van der Waals surface area contributed by atoms with Gasteiger partial charge in [0.25, 0.3) is 0 Å². The standard InChI is InChI=1S/C7H13NOSi/c1-4-7(5-8)10-9-6(2)3/h6-7H,4H2,1-3H3. The Morgan fingerprint density at radius 2 is 2.20 bits per heavy atom. The van der Waals surface area contributed by atoms with Crippen LogP contribution in [0.15, 0.2) is 0 Å². The molecular formula is C7H13NOSi. The maximum absolute atomic E-state index is 8.52. The molecule has 2 nitrogen and oxygen atoms in total. The number of hydrogen-bond donors (Lipinski definition) is 0. The van der Waals surface area contributed by atoms with Gasteiger partial charge in [0.1, 0.15) is 0 Å². The Balaban J connectivity index is 3.38. The lowest BCUT2D eigenvalue weighted by molar-refractivity contribution is 0.252. The molecule has 2 radical (unpaired) electrons. The van der Waals surface area contributed by atoms with E-state index in [9.17, 15) is 0 Å². The molecule has 10 heavy (non-hydrogen) atoms. The molecule has 3 heteroatoms. The van der Waals surface area contributed by atoms with Gasteiger partial charge in [-0.15, -0.1) is 0 Å². The summed E-state index contributed by atoms with van der Waals surface area (Å²) in [7, 11) is 0.343. The zero-order valence-electron chi connectivity index (χ0n) is 6.72. The maximum Gasteiger partial charge on any atom is 0.248 e. The first kappa shape index (κ1) is 9.67. The van der Waals surface area contributed by atoms with Gasteiger partial charge in [-0.3, -0.25) is 0 Å². The van der Waals surface area contributed by atoms with Gasteiger partial charge < -0.3 is 4.43 Å². The fourth-order valence-electron chi connectivity index (χ4n) is 0.419. The summed E-state index contributed by atoms with van der Waals surface area (Å²) in [5.41, 5.74) is 0.0994. The van der Waals surface area contributed by atoms with Crippen LogP contribution in [0.3, 0.4) is 0 Å². The van der Waals surface area contributed by atoms with Gasteiger partial charge >= 0.3 is 0 Å². The summed E-state index contributed by atoms with van der Waals surface area (Å²) in [6.45, 7) is 5.97. The van der Waals surface area contributed by atoms with Crippen LogP contribution in [0.1, 0.15) is 27.2 Å². The molecule has 1 atom stereocenters. The summed E-state index contributed by atoms with van der Waals surface area (Å²) < 4.78 is 5.29. The maximum atomic E-state index is 8.52. The molecular weight excluding hydrogens is 142 g/mol. The Hall–Kier alpha value is -0.333. The zero-order chi connectivity index (χ0) is 7.98. The molecule has 0 aromatic carbocycles. The summed E-state index contributed by atoms with van der Waals surface area (Å²) in [4.78, 5) is 0. The predicted molar refractivity (Wildman–Crippen MR) is 41.6 cm³/mol. The highest BCUT2D eigenvalue weighted by Gasteiger charge is 2.07. The summed E-state index contributed by atoms with van der Waals surface area (Å²) in [6.07, 6.45) is 1.14. The monoisotopic (exact) mass is 155 g/mol. The van der Waals surface area contributed by atoms with Crippen molar-refractivity contribution in [2.24, 2.45) is 0 Å². The third-order valence-electron chi connectivity index (χ3n) is 1.01. The van der Waals surface area contributed by atoms with Crippen molar-refractivity contribution in [1.29, 1.82) is 5.26 Å². The van der Waals surface area contributed by atoms with Crippen LogP contribution in [0.2, 0.25) is 5.54 Å². The highest BCUT2D eigenvalue weighted by molar-refractivity contribution is 6.30. The van der Waals surface area contributed by atoms with Crippen molar-refractivity contribution in [3.63, 3.8) is 0 Å². The predicted octanol–water partition coefficient (Wildman–Crippen LogP) is 1.75. The minimum atomic E-state index is 0.0994. The molecule has 0 aliphatic rings. The Morgan fingerprint density at radius 1 is 1.60 bits per heavy atom. The third-order valence-corrected chi connectivity index (χ3v) is 2.44. The minimum absolute atomic E-state index is 0.0994. The van der Waals surface area contributed by atoms with E-state index in [0.717, 1.165) is 6.42 Å². The minimum Gasteiger partial charge on any atom is -0.414 e. The molecule has 0 spiro atoms. The van der Waals surface area contributed by atoms with E-state index in [1.54, 1.807) is 0 Å². The van der Waals surface area contributed by atoms with Gasteiger partial charge in [0.15, 0.2) is 0 Å². The molecule has 0 saturated carbocycles. The van der Waals surface area contributed by atoms with Crippen molar-refractivity contribution in [1.82, 2.24) is 0 Å². The quantitative estimate of drug-likeness (QED) is 0.579. The van der Waals surface area contributed by atoms with Gasteiger partial charge in [0.2, 0.25) is 9.76 Å². The van der Waals surface area contributed by atoms with E-state index in [1.165, 1.54) is 0 Å². The van der Waals surface area contributed by atoms with Crippen LogP contribution in [0, 0.1) is 11.3 Å². The number of nitrogens with zero attached hydrogens (tertiary/aromatic N) is 1. The summed E-state index contributed by atoms with van der Waals surface area (Å²) in [6, 6.07) is 2.19. The molecule has 56 valence electrons. The van der Waals surface area contributed by atoms with E-state index < -0.39 is 0 Å².